The molecule has 0 aromatic heterocycles. The third-order valence-corrected chi connectivity index (χ3v) is 4.28. The van der Waals surface area contributed by atoms with Crippen molar-refractivity contribution in [3.63, 3.8) is 0 Å². The van der Waals surface area contributed by atoms with Gasteiger partial charge in [-0.05, 0) is 58.7 Å². The van der Waals surface area contributed by atoms with Crippen molar-refractivity contribution in [1.82, 2.24) is 10.6 Å². The Kier molecular flexibility index (Phi) is 8.73. The summed E-state index contributed by atoms with van der Waals surface area (Å²) in [6.07, 6.45) is 1.07. The van der Waals surface area contributed by atoms with E-state index in [1.54, 1.807) is 0 Å². The molecule has 2 N–H and O–H groups in total. The van der Waals surface area contributed by atoms with E-state index in [9.17, 15) is 4.79 Å². The summed E-state index contributed by atoms with van der Waals surface area (Å²) in [5.41, 5.74) is 0.810. The van der Waals surface area contributed by atoms with Crippen LogP contribution in [0.5, 0.6) is 11.5 Å². The summed E-state index contributed by atoms with van der Waals surface area (Å²) in [7, 11) is 0. The Morgan fingerprint density at radius 1 is 1.20 bits per heavy atom. The van der Waals surface area contributed by atoms with Gasteiger partial charge in [0.15, 0.2) is 18.1 Å². The molecule has 0 radical (unpaired) electrons. The van der Waals surface area contributed by atoms with Crippen molar-refractivity contribution in [1.29, 1.82) is 0 Å². The number of hydrogen-bond acceptors (Lipinski definition) is 4. The molecular weight excluding hydrogens is 384 g/mol. The van der Waals surface area contributed by atoms with Crippen LogP contribution >= 0.6 is 15.9 Å². The first-order valence-corrected chi connectivity index (χ1v) is 9.58. The second-order valence-electron chi connectivity index (χ2n) is 7.10. The number of carbonyl (C=O) groups is 1. The van der Waals surface area contributed by atoms with Gasteiger partial charge in [0.05, 0.1) is 6.61 Å². The van der Waals surface area contributed by atoms with E-state index in [-0.39, 0.29) is 18.1 Å². The number of amides is 1. The zero-order valence-electron chi connectivity index (χ0n) is 16.2. The summed E-state index contributed by atoms with van der Waals surface area (Å²) in [5.74, 6) is 1.05. The Labute approximate surface area is 160 Å². The summed E-state index contributed by atoms with van der Waals surface area (Å²) in [6.45, 7) is 13.3. The highest BCUT2D eigenvalue weighted by molar-refractivity contribution is 9.10. The van der Waals surface area contributed by atoms with E-state index in [4.69, 9.17) is 9.47 Å². The first-order valence-electron chi connectivity index (χ1n) is 8.78. The predicted octanol–water partition coefficient (Wildman–Crippen LogP) is 4.03. The molecule has 0 saturated heterocycles. The van der Waals surface area contributed by atoms with E-state index in [0.29, 0.717) is 24.1 Å². The van der Waals surface area contributed by atoms with Crippen LogP contribution in [0.3, 0.4) is 0 Å². The van der Waals surface area contributed by atoms with Crippen LogP contribution in [0.15, 0.2) is 16.6 Å². The maximum atomic E-state index is 12.0. The fraction of sp³-hybridized carbons (Fsp3) is 0.632. The molecule has 0 saturated carbocycles. The van der Waals surface area contributed by atoms with E-state index in [1.807, 2.05) is 39.8 Å². The largest absolute Gasteiger partial charge is 0.490 e. The summed E-state index contributed by atoms with van der Waals surface area (Å²) in [4.78, 5) is 12.0. The second kappa shape index (κ2) is 10.0. The molecule has 1 atom stereocenters. The van der Waals surface area contributed by atoms with Gasteiger partial charge >= 0.3 is 0 Å². The molecule has 1 amide bonds. The Bertz CT molecular complexity index is 571. The number of ether oxygens (including phenoxy) is 2. The zero-order valence-corrected chi connectivity index (χ0v) is 17.7. The molecule has 0 aliphatic heterocycles. The first kappa shape index (κ1) is 21.8. The Morgan fingerprint density at radius 3 is 2.40 bits per heavy atom. The van der Waals surface area contributed by atoms with Gasteiger partial charge < -0.3 is 20.1 Å². The maximum Gasteiger partial charge on any atom is 0.258 e. The SMILES string of the molecule is CCOc1cc(CNC(C)CC)c(Br)cc1OCC(=O)NC(C)(C)C. The molecule has 5 nitrogen and oxygen atoms in total. The van der Waals surface area contributed by atoms with E-state index in [1.165, 1.54) is 0 Å². The lowest BCUT2D eigenvalue weighted by molar-refractivity contribution is -0.124. The molecule has 1 aromatic rings. The molecule has 6 heteroatoms. The third kappa shape index (κ3) is 8.10. The number of carbonyl (C=O) groups excluding carboxylic acids is 1. The molecule has 0 aliphatic carbocycles. The van der Waals surface area contributed by atoms with Gasteiger partial charge in [0, 0.05) is 22.6 Å². The summed E-state index contributed by atoms with van der Waals surface area (Å²) in [5, 5.41) is 6.34. The molecule has 1 aromatic carbocycles. The minimum atomic E-state index is -0.282. The fourth-order valence-electron chi connectivity index (χ4n) is 2.12. The smallest absolute Gasteiger partial charge is 0.258 e. The van der Waals surface area contributed by atoms with Crippen LogP contribution in [0.1, 0.15) is 53.5 Å². The summed E-state index contributed by atoms with van der Waals surface area (Å²) < 4.78 is 12.3. The normalized spacial score (nSPS) is 12.6. The lowest BCUT2D eigenvalue weighted by Gasteiger charge is -2.21. The van der Waals surface area contributed by atoms with Crippen LogP contribution in [0.25, 0.3) is 0 Å². The average Bonchev–Trinajstić information content (AvgIpc) is 2.51. The van der Waals surface area contributed by atoms with Crippen molar-refractivity contribution < 1.29 is 14.3 Å². The lowest BCUT2D eigenvalue weighted by Crippen LogP contribution is -2.43. The molecule has 25 heavy (non-hydrogen) atoms. The van der Waals surface area contributed by atoms with E-state index < -0.39 is 0 Å². The van der Waals surface area contributed by atoms with Crippen LogP contribution in [0, 0.1) is 0 Å². The van der Waals surface area contributed by atoms with Crippen LogP contribution in [-0.4, -0.2) is 30.7 Å². The third-order valence-electron chi connectivity index (χ3n) is 3.54. The minimum Gasteiger partial charge on any atom is -0.490 e. The van der Waals surface area contributed by atoms with Crippen LogP contribution in [0.2, 0.25) is 0 Å². The number of rotatable bonds is 9. The van der Waals surface area contributed by atoms with Crippen LogP contribution in [0.4, 0.5) is 0 Å². The predicted molar refractivity (Wildman–Crippen MR) is 105 cm³/mol. The molecule has 0 spiro atoms. The van der Waals surface area contributed by atoms with Gasteiger partial charge in [0.25, 0.3) is 5.91 Å². The minimum absolute atomic E-state index is 0.0474. The molecule has 1 unspecified atom stereocenters. The Balaban J connectivity index is 2.84. The number of benzene rings is 1. The molecular formula is C19H31BrN2O3. The lowest BCUT2D eigenvalue weighted by atomic mass is 10.1. The van der Waals surface area contributed by atoms with Crippen molar-refractivity contribution in [2.75, 3.05) is 13.2 Å². The molecule has 142 valence electrons. The van der Waals surface area contributed by atoms with Gasteiger partial charge in [0.2, 0.25) is 0 Å². The second-order valence-corrected chi connectivity index (χ2v) is 7.95. The van der Waals surface area contributed by atoms with Crippen LogP contribution < -0.4 is 20.1 Å². The average molecular weight is 415 g/mol. The van der Waals surface area contributed by atoms with Crippen molar-refractivity contribution in [3.05, 3.63) is 22.2 Å². The summed E-state index contributed by atoms with van der Waals surface area (Å²) >= 11 is 3.58. The van der Waals surface area contributed by atoms with Gasteiger partial charge in [-0.3, -0.25) is 4.79 Å². The van der Waals surface area contributed by atoms with Gasteiger partial charge in [-0.2, -0.15) is 0 Å². The number of nitrogens with one attached hydrogen (secondary N) is 2. The van der Waals surface area contributed by atoms with Crippen molar-refractivity contribution in [3.8, 4) is 11.5 Å². The quantitative estimate of drug-likeness (QED) is 0.640. The highest BCUT2D eigenvalue weighted by Gasteiger charge is 2.16. The van der Waals surface area contributed by atoms with Crippen LogP contribution in [-0.2, 0) is 11.3 Å². The van der Waals surface area contributed by atoms with Crippen molar-refractivity contribution >= 4 is 21.8 Å². The Hall–Kier alpha value is -1.27. The van der Waals surface area contributed by atoms with Gasteiger partial charge in [-0.15, -0.1) is 0 Å². The topological polar surface area (TPSA) is 59.6 Å². The first-order chi connectivity index (χ1) is 11.7. The van der Waals surface area contributed by atoms with E-state index in [2.05, 4.69) is 40.4 Å². The number of halogens is 1. The van der Waals surface area contributed by atoms with Gasteiger partial charge in [-0.1, -0.05) is 22.9 Å². The summed E-state index contributed by atoms with van der Waals surface area (Å²) in [6, 6.07) is 4.27. The Morgan fingerprint density at radius 2 is 1.84 bits per heavy atom. The van der Waals surface area contributed by atoms with E-state index in [0.717, 1.165) is 23.0 Å². The standard InChI is InChI=1S/C19H31BrN2O3/c1-7-13(3)21-11-14-9-16(24-8-2)17(10-15(14)20)25-12-18(23)22-19(4,5)6/h9-10,13,21H,7-8,11-12H2,1-6H3,(H,22,23). The zero-order chi connectivity index (χ0) is 19.0. The number of hydrogen-bond donors (Lipinski definition) is 2. The van der Waals surface area contributed by atoms with Gasteiger partial charge in [0.1, 0.15) is 0 Å². The molecule has 0 heterocycles. The molecule has 1 rings (SSSR count). The molecule has 0 bridgehead atoms. The van der Waals surface area contributed by atoms with Crippen molar-refractivity contribution in [2.45, 2.75) is 66.1 Å². The van der Waals surface area contributed by atoms with Crippen molar-refractivity contribution in [2.24, 2.45) is 0 Å². The highest BCUT2D eigenvalue weighted by Crippen LogP contribution is 2.34. The fourth-order valence-corrected chi connectivity index (χ4v) is 2.58. The van der Waals surface area contributed by atoms with Gasteiger partial charge in [-0.25, -0.2) is 0 Å². The maximum absolute atomic E-state index is 12.0. The highest BCUT2D eigenvalue weighted by atomic mass is 79.9. The monoisotopic (exact) mass is 414 g/mol. The molecule has 0 aliphatic rings. The van der Waals surface area contributed by atoms with E-state index >= 15 is 0 Å². The molecule has 0 fully saturated rings.